The van der Waals surface area contributed by atoms with Crippen molar-refractivity contribution in [2.45, 2.75) is 39.0 Å². The van der Waals surface area contributed by atoms with E-state index < -0.39 is 11.8 Å². The zero-order chi connectivity index (χ0) is 16.5. The van der Waals surface area contributed by atoms with Crippen LogP contribution in [0.5, 0.6) is 5.75 Å². The number of benzene rings is 1. The van der Waals surface area contributed by atoms with E-state index in [9.17, 15) is 9.59 Å². The Balaban J connectivity index is 1.77. The summed E-state index contributed by atoms with van der Waals surface area (Å²) < 4.78 is 5.31. The number of hydrogen-bond donors (Lipinski definition) is 2. The maximum absolute atomic E-state index is 11.8. The molecule has 23 heavy (non-hydrogen) atoms. The van der Waals surface area contributed by atoms with Gasteiger partial charge < -0.3 is 10.1 Å². The lowest BCUT2D eigenvalue weighted by atomic mass is 9.90. The maximum atomic E-state index is 11.8. The number of anilines is 1. The lowest BCUT2D eigenvalue weighted by Gasteiger charge is -2.16. The smallest absolute Gasteiger partial charge is 0.329 e. The Morgan fingerprint density at radius 1 is 1.17 bits per heavy atom. The van der Waals surface area contributed by atoms with Crippen LogP contribution in [0.1, 0.15) is 39.0 Å². The number of carbonyl (C=O) groups excluding carboxylic acids is 2. The molecule has 0 atom stereocenters. The minimum Gasteiger partial charge on any atom is -0.494 e. The molecule has 0 unspecified atom stereocenters. The van der Waals surface area contributed by atoms with Crippen molar-refractivity contribution in [1.82, 2.24) is 5.43 Å². The molecule has 1 aliphatic rings. The number of nitrogens with one attached hydrogen (secondary N) is 2. The first kappa shape index (κ1) is 17.0. The topological polar surface area (TPSA) is 79.8 Å². The Morgan fingerprint density at radius 2 is 1.87 bits per heavy atom. The van der Waals surface area contributed by atoms with Crippen LogP contribution in [0.3, 0.4) is 0 Å². The third-order valence-corrected chi connectivity index (χ3v) is 3.73. The van der Waals surface area contributed by atoms with Crippen molar-refractivity contribution in [1.29, 1.82) is 0 Å². The summed E-state index contributed by atoms with van der Waals surface area (Å²) in [5.74, 6) is -0.397. The molecule has 124 valence electrons. The van der Waals surface area contributed by atoms with Crippen molar-refractivity contribution in [3.8, 4) is 5.75 Å². The first-order chi connectivity index (χ1) is 11.2. The van der Waals surface area contributed by atoms with Gasteiger partial charge in [0.25, 0.3) is 0 Å². The molecule has 0 bridgehead atoms. The Bertz CT molecular complexity index is 549. The van der Waals surface area contributed by atoms with Crippen LogP contribution in [0, 0.1) is 5.92 Å². The molecule has 0 aromatic heterocycles. The minimum absolute atomic E-state index is 0.401. The van der Waals surface area contributed by atoms with E-state index in [-0.39, 0.29) is 0 Å². The fourth-order valence-electron chi connectivity index (χ4n) is 2.52. The molecule has 2 N–H and O–H groups in total. The summed E-state index contributed by atoms with van der Waals surface area (Å²) in [6.45, 7) is 2.47. The molecule has 0 spiro atoms. The average Bonchev–Trinajstić information content (AvgIpc) is 2.57. The van der Waals surface area contributed by atoms with Gasteiger partial charge in [-0.05, 0) is 49.9 Å². The highest BCUT2D eigenvalue weighted by Gasteiger charge is 2.14. The molecular formula is C17H23N3O3. The highest BCUT2D eigenvalue weighted by atomic mass is 16.5. The summed E-state index contributed by atoms with van der Waals surface area (Å²) in [7, 11) is 0. The van der Waals surface area contributed by atoms with Gasteiger partial charge >= 0.3 is 11.8 Å². The summed E-state index contributed by atoms with van der Waals surface area (Å²) in [6.07, 6.45) is 7.59. The van der Waals surface area contributed by atoms with Gasteiger partial charge in [-0.2, -0.15) is 5.10 Å². The maximum Gasteiger partial charge on any atom is 0.329 e. The van der Waals surface area contributed by atoms with Crippen LogP contribution < -0.4 is 15.5 Å². The molecular weight excluding hydrogens is 294 g/mol. The first-order valence-corrected chi connectivity index (χ1v) is 8.06. The number of nitrogens with zero attached hydrogens (tertiary/aromatic N) is 1. The molecule has 2 rings (SSSR count). The Hall–Kier alpha value is -2.37. The van der Waals surface area contributed by atoms with Crippen LogP contribution in [0.25, 0.3) is 0 Å². The van der Waals surface area contributed by atoms with Crippen molar-refractivity contribution in [2.75, 3.05) is 11.9 Å². The molecule has 0 radical (unpaired) electrons. The van der Waals surface area contributed by atoms with E-state index >= 15 is 0 Å². The summed E-state index contributed by atoms with van der Waals surface area (Å²) in [5, 5.41) is 6.41. The molecule has 0 heterocycles. The number of ether oxygens (including phenoxy) is 1. The van der Waals surface area contributed by atoms with Crippen molar-refractivity contribution < 1.29 is 14.3 Å². The van der Waals surface area contributed by atoms with Crippen molar-refractivity contribution in [3.63, 3.8) is 0 Å². The van der Waals surface area contributed by atoms with Gasteiger partial charge in [0.2, 0.25) is 0 Å². The van der Waals surface area contributed by atoms with Crippen LogP contribution in [0.4, 0.5) is 5.69 Å². The van der Waals surface area contributed by atoms with E-state index in [2.05, 4.69) is 15.8 Å². The van der Waals surface area contributed by atoms with Gasteiger partial charge in [-0.15, -0.1) is 0 Å². The zero-order valence-electron chi connectivity index (χ0n) is 13.4. The number of amides is 2. The second-order valence-electron chi connectivity index (χ2n) is 5.53. The SMILES string of the molecule is CCOc1ccc(NC(=O)C(=O)N/N=C/C2CCCCC2)cc1. The van der Waals surface area contributed by atoms with E-state index in [1.54, 1.807) is 30.5 Å². The highest BCUT2D eigenvalue weighted by Crippen LogP contribution is 2.21. The number of hydrogen-bond acceptors (Lipinski definition) is 4. The molecule has 1 aromatic carbocycles. The largest absolute Gasteiger partial charge is 0.494 e. The van der Waals surface area contributed by atoms with E-state index in [0.717, 1.165) is 12.8 Å². The van der Waals surface area contributed by atoms with E-state index in [1.807, 2.05) is 6.92 Å². The van der Waals surface area contributed by atoms with Gasteiger partial charge in [-0.3, -0.25) is 9.59 Å². The Kier molecular flexibility index (Phi) is 6.59. The first-order valence-electron chi connectivity index (χ1n) is 8.06. The lowest BCUT2D eigenvalue weighted by Crippen LogP contribution is -2.32. The van der Waals surface area contributed by atoms with E-state index in [0.29, 0.717) is 24.0 Å². The second kappa shape index (κ2) is 8.92. The van der Waals surface area contributed by atoms with Crippen LogP contribution in [0.15, 0.2) is 29.4 Å². The predicted octanol–water partition coefficient (Wildman–Crippen LogP) is 2.71. The third kappa shape index (κ3) is 5.73. The average molecular weight is 317 g/mol. The Morgan fingerprint density at radius 3 is 2.52 bits per heavy atom. The molecule has 6 heteroatoms. The number of hydrazone groups is 1. The fraction of sp³-hybridized carbons (Fsp3) is 0.471. The number of carbonyl (C=O) groups is 2. The molecule has 1 aliphatic carbocycles. The van der Waals surface area contributed by atoms with Crippen LogP contribution in [-0.4, -0.2) is 24.6 Å². The van der Waals surface area contributed by atoms with Crippen molar-refractivity contribution in [2.24, 2.45) is 11.0 Å². The molecule has 0 aliphatic heterocycles. The summed E-state index contributed by atoms with van der Waals surface area (Å²) in [6, 6.07) is 6.83. The molecule has 2 amide bonds. The molecule has 6 nitrogen and oxygen atoms in total. The summed E-state index contributed by atoms with van der Waals surface area (Å²) in [5.41, 5.74) is 2.81. The molecule has 1 saturated carbocycles. The van der Waals surface area contributed by atoms with E-state index in [1.165, 1.54) is 19.3 Å². The van der Waals surface area contributed by atoms with Crippen LogP contribution >= 0.6 is 0 Å². The highest BCUT2D eigenvalue weighted by molar-refractivity contribution is 6.39. The molecule has 1 fully saturated rings. The second-order valence-corrected chi connectivity index (χ2v) is 5.53. The lowest BCUT2D eigenvalue weighted by molar-refractivity contribution is -0.136. The monoisotopic (exact) mass is 317 g/mol. The zero-order valence-corrected chi connectivity index (χ0v) is 13.4. The normalized spacial score (nSPS) is 15.3. The van der Waals surface area contributed by atoms with Gasteiger partial charge in [0.05, 0.1) is 6.61 Å². The van der Waals surface area contributed by atoms with Gasteiger partial charge in [0.15, 0.2) is 0 Å². The third-order valence-electron chi connectivity index (χ3n) is 3.73. The fourth-order valence-corrected chi connectivity index (χ4v) is 2.52. The van der Waals surface area contributed by atoms with Crippen LogP contribution in [0.2, 0.25) is 0 Å². The molecule has 1 aromatic rings. The quantitative estimate of drug-likeness (QED) is 0.498. The summed E-state index contributed by atoms with van der Waals surface area (Å²) >= 11 is 0. The van der Waals surface area contributed by atoms with Gasteiger partial charge in [0.1, 0.15) is 5.75 Å². The van der Waals surface area contributed by atoms with Gasteiger partial charge in [0, 0.05) is 11.9 Å². The predicted molar refractivity (Wildman–Crippen MR) is 89.5 cm³/mol. The van der Waals surface area contributed by atoms with Crippen molar-refractivity contribution in [3.05, 3.63) is 24.3 Å². The van der Waals surface area contributed by atoms with Gasteiger partial charge in [-0.25, -0.2) is 5.43 Å². The van der Waals surface area contributed by atoms with E-state index in [4.69, 9.17) is 4.74 Å². The van der Waals surface area contributed by atoms with Gasteiger partial charge in [-0.1, -0.05) is 19.3 Å². The summed E-state index contributed by atoms with van der Waals surface area (Å²) in [4.78, 5) is 23.5. The van der Waals surface area contributed by atoms with Crippen molar-refractivity contribution >= 4 is 23.7 Å². The molecule has 0 saturated heterocycles. The minimum atomic E-state index is -0.772. The Labute approximate surface area is 136 Å². The standard InChI is InChI=1S/C17H23N3O3/c1-2-23-15-10-8-14(9-11-15)19-16(21)17(22)20-18-12-13-6-4-3-5-7-13/h8-13H,2-7H2,1H3,(H,19,21)(H,20,22)/b18-12+. The van der Waals surface area contributed by atoms with Crippen LogP contribution in [-0.2, 0) is 9.59 Å². The number of rotatable bonds is 5.